The van der Waals surface area contributed by atoms with Crippen LogP contribution in [-0.2, 0) is 102 Å². The molecular weight excluding hydrogens is 1410 g/mol. The van der Waals surface area contributed by atoms with Crippen molar-refractivity contribution >= 4 is 135 Å². The number of esters is 1. The van der Waals surface area contributed by atoms with Crippen molar-refractivity contribution in [3.05, 3.63) is 65.9 Å². The molecule has 3 aromatic rings. The van der Waals surface area contributed by atoms with Crippen molar-refractivity contribution in [3.8, 4) is 0 Å². The van der Waals surface area contributed by atoms with Crippen molar-refractivity contribution < 1.29 is 126 Å². The Morgan fingerprint density at radius 2 is 1.13 bits per heavy atom. The first-order chi connectivity index (χ1) is 50.0. The Bertz CT molecular complexity index is 3830. The minimum atomic E-state index is -2.44. The predicted molar refractivity (Wildman–Crippen MR) is 359 cm³/mol. The summed E-state index contributed by atoms with van der Waals surface area (Å²) in [5, 5.41) is 77.5. The fourth-order valence-corrected chi connectivity index (χ4v) is 10.3. The lowest BCUT2D eigenvalue weighted by molar-refractivity contribution is -0.156. The standard InChI is InChI=1S/C63H83N17O26/c1-27(15-47(87)88)51-62(104)78-41(17-43(83)32-10-4-6-11-33(32)65)63(105)106-29(3)52(80-59(101)40(21-50(93)94)77-58(100)37(18-44(66)84)75-56(98)36(70-26-82)16-30-22-67-34-12-7-5-9-31(30)34)61(103)69-24-45(85)72-35(13-8-14-64)55(97)76-39(20-49(91)92)57(99)71-28(2)53(95)74-38(19-48(89)90)54(96)68-23-46(86)73-42(25-81)60(102)79-51/h4-7,9-12,22,26-29,35-42,51-52,67,81H,8,13-21,23-25,64-65H2,1-3H3,(H2,66,84)(H,68,96)(H,69,103)(H,70,82)(H,71,99)(H,72,85)(H,73,86)(H,74,95)(H,75,98)(H,76,97)(H,77,100)(H,78,104)(H,79,102)(H,80,101)(H,87,88)(H,89,90)(H,91,92)(H,93,94). The molecule has 0 aliphatic carbocycles. The molecule has 25 N–H and O–H groups in total. The molecule has 0 radical (unpaired) electrons. The molecule has 14 amide bonds. The summed E-state index contributed by atoms with van der Waals surface area (Å²) in [5.41, 5.74) is 17.8. The maximum Gasteiger partial charge on any atom is 0.329 e. The SMILES string of the molecule is CC1NC(=O)C(CC(=O)O)NC(=O)C(CCCN)NC(=O)CNC(=O)C(NC(=O)C(CC(=O)O)NC(=O)C(CC(N)=O)NC(=O)C(Cc2c[nH]c3ccccc23)NC=O)C(C)OC(=O)C(CC(=O)c2ccccc2N)NC(=O)C(C(C)CC(=O)O)NC(=O)C(CO)NC(=O)CNC(=O)C(CC(=O)O)NC1=O. The Morgan fingerprint density at radius 1 is 0.594 bits per heavy atom. The number of carbonyl (C=O) groups excluding carboxylic acids is 16. The van der Waals surface area contributed by atoms with Crippen LogP contribution in [0.2, 0.25) is 0 Å². The molecular formula is C63H83N17O26. The number of para-hydroxylation sites is 2. The number of nitrogens with two attached hydrogens (primary N) is 3. The zero-order valence-electron chi connectivity index (χ0n) is 57.0. The second-order valence-electron chi connectivity index (χ2n) is 24.1. The number of carbonyl (C=O) groups is 20. The van der Waals surface area contributed by atoms with Crippen LogP contribution in [0.4, 0.5) is 5.69 Å². The molecule has 43 nitrogen and oxygen atoms in total. The summed E-state index contributed by atoms with van der Waals surface area (Å²) in [6.07, 6.45) is -8.21. The van der Waals surface area contributed by atoms with E-state index in [4.69, 9.17) is 21.9 Å². The quantitative estimate of drug-likeness (QED) is 0.0139. The number of ether oxygens (including phenoxy) is 1. The van der Waals surface area contributed by atoms with Gasteiger partial charge in [-0.1, -0.05) is 37.3 Å². The summed E-state index contributed by atoms with van der Waals surface area (Å²) in [6, 6.07) is -10.7. The number of anilines is 1. The number of fused-ring (bicyclic) bond motifs is 1. The molecule has 1 aliphatic rings. The molecule has 4 rings (SSSR count). The Kier molecular flexibility index (Phi) is 33.5. The Labute approximate surface area is 600 Å². The predicted octanol–water partition coefficient (Wildman–Crippen LogP) is -9.13. The van der Waals surface area contributed by atoms with Crippen LogP contribution < -0.4 is 86.3 Å². The zero-order valence-corrected chi connectivity index (χ0v) is 57.0. The molecule has 0 saturated carbocycles. The van der Waals surface area contributed by atoms with Crippen molar-refractivity contribution in [2.75, 3.05) is 32.0 Å². The van der Waals surface area contributed by atoms with Crippen molar-refractivity contribution in [1.82, 2.24) is 74.1 Å². The summed E-state index contributed by atoms with van der Waals surface area (Å²) in [6.45, 7) is -0.979. The number of hydrogen-bond acceptors (Lipinski definition) is 24. The van der Waals surface area contributed by atoms with E-state index in [0.717, 1.165) is 20.8 Å². The highest BCUT2D eigenvalue weighted by Gasteiger charge is 2.41. The van der Waals surface area contributed by atoms with E-state index in [1.165, 1.54) is 30.5 Å². The largest absolute Gasteiger partial charge is 0.481 e. The number of Topliss-reactive ketones (excluding diaryl/α,β-unsaturated/α-hetero) is 1. The van der Waals surface area contributed by atoms with Gasteiger partial charge >= 0.3 is 29.8 Å². The second kappa shape index (κ2) is 41.4. The van der Waals surface area contributed by atoms with Gasteiger partial charge in [-0.05, 0) is 62.9 Å². The molecule has 13 unspecified atom stereocenters. The third-order valence-electron chi connectivity index (χ3n) is 15.8. The van der Waals surface area contributed by atoms with E-state index in [9.17, 15) is 121 Å². The summed E-state index contributed by atoms with van der Waals surface area (Å²) in [4.78, 5) is 271. The highest BCUT2D eigenvalue weighted by Crippen LogP contribution is 2.21. The number of ketones is 1. The first kappa shape index (κ1) is 85.7. The second-order valence-corrected chi connectivity index (χ2v) is 24.1. The lowest BCUT2D eigenvalue weighted by Gasteiger charge is -2.30. The van der Waals surface area contributed by atoms with Crippen LogP contribution in [0.25, 0.3) is 10.9 Å². The van der Waals surface area contributed by atoms with Crippen LogP contribution >= 0.6 is 0 Å². The number of nitrogens with one attached hydrogen (secondary N) is 14. The average Bonchev–Trinajstić information content (AvgIpc) is 1.45. The van der Waals surface area contributed by atoms with Crippen molar-refractivity contribution in [2.45, 2.75) is 151 Å². The van der Waals surface area contributed by atoms with Crippen LogP contribution in [-0.4, -0.2) is 248 Å². The Balaban J connectivity index is 1.87. The van der Waals surface area contributed by atoms with Crippen molar-refractivity contribution in [2.24, 2.45) is 17.4 Å². The van der Waals surface area contributed by atoms with E-state index in [1.807, 2.05) is 21.3 Å². The number of cyclic esters (lactones) is 1. The van der Waals surface area contributed by atoms with Crippen LogP contribution in [0.3, 0.4) is 0 Å². The van der Waals surface area contributed by atoms with Crippen molar-refractivity contribution in [1.29, 1.82) is 0 Å². The number of amides is 14. The third-order valence-corrected chi connectivity index (χ3v) is 15.8. The van der Waals surface area contributed by atoms with Crippen LogP contribution in [0, 0.1) is 5.92 Å². The van der Waals surface area contributed by atoms with E-state index >= 15 is 0 Å². The molecule has 1 aromatic heterocycles. The van der Waals surface area contributed by atoms with Crippen molar-refractivity contribution in [3.63, 3.8) is 0 Å². The smallest absolute Gasteiger partial charge is 0.329 e. The van der Waals surface area contributed by atoms with Gasteiger partial charge in [-0.15, -0.1) is 0 Å². The number of hydrogen-bond donors (Lipinski definition) is 22. The molecule has 13 atom stereocenters. The number of primary amides is 1. The fourth-order valence-electron chi connectivity index (χ4n) is 10.3. The van der Waals surface area contributed by atoms with E-state index < -0.39 is 256 Å². The van der Waals surface area contributed by atoms with E-state index in [0.29, 0.717) is 16.5 Å². The van der Waals surface area contributed by atoms with Crippen LogP contribution in [0.15, 0.2) is 54.7 Å². The van der Waals surface area contributed by atoms with Gasteiger partial charge in [-0.3, -0.25) is 91.1 Å². The van der Waals surface area contributed by atoms with Gasteiger partial charge in [0.25, 0.3) is 0 Å². The van der Waals surface area contributed by atoms with Gasteiger partial charge in [0.15, 0.2) is 5.78 Å². The molecule has 1 aliphatic heterocycles. The van der Waals surface area contributed by atoms with Crippen LogP contribution in [0.1, 0.15) is 88.1 Å². The van der Waals surface area contributed by atoms with Gasteiger partial charge < -0.3 is 122 Å². The maximum atomic E-state index is 14.7. The zero-order chi connectivity index (χ0) is 79.2. The number of H-pyrrole nitrogens is 1. The minimum absolute atomic E-state index is 0.0938. The Morgan fingerprint density at radius 3 is 1.72 bits per heavy atom. The molecule has 2 heterocycles. The molecule has 106 heavy (non-hydrogen) atoms. The van der Waals surface area contributed by atoms with Gasteiger partial charge in [0, 0.05) is 41.2 Å². The highest BCUT2D eigenvalue weighted by molar-refractivity contribution is 6.05. The minimum Gasteiger partial charge on any atom is -0.481 e. The first-order valence-electron chi connectivity index (χ1n) is 32.3. The fraction of sp³-hybridized carbons (Fsp3) is 0.460. The van der Waals surface area contributed by atoms with Gasteiger partial charge in [0.1, 0.15) is 72.6 Å². The number of carboxylic acids is 4. The number of benzene rings is 2. The number of aliphatic hydroxyl groups is 1. The number of aliphatic hydroxyl groups excluding tert-OH is 1. The molecule has 43 heteroatoms. The summed E-state index contributed by atoms with van der Waals surface area (Å²) in [5.74, 6) is -29.3. The lowest BCUT2D eigenvalue weighted by Crippen LogP contribution is -2.61. The molecule has 576 valence electrons. The number of aromatic amines is 1. The Hall–Kier alpha value is -12.7. The average molecular weight is 1490 g/mol. The molecule has 2 aromatic carbocycles. The monoisotopic (exact) mass is 1490 g/mol. The number of aliphatic carboxylic acids is 4. The van der Waals surface area contributed by atoms with Gasteiger partial charge in [0.2, 0.25) is 83.2 Å². The van der Waals surface area contributed by atoms with Gasteiger partial charge in [-0.25, -0.2) is 4.79 Å². The molecule has 0 spiro atoms. The van der Waals surface area contributed by atoms with Gasteiger partial charge in [-0.2, -0.15) is 0 Å². The maximum absolute atomic E-state index is 14.7. The number of carboxylic acid groups (broad SMARTS) is 4. The van der Waals surface area contributed by atoms with Crippen LogP contribution in [0.5, 0.6) is 0 Å². The lowest BCUT2D eigenvalue weighted by atomic mass is 9.96. The van der Waals surface area contributed by atoms with E-state index in [-0.39, 0.29) is 37.0 Å². The summed E-state index contributed by atoms with van der Waals surface area (Å²) >= 11 is 0. The first-order valence-corrected chi connectivity index (χ1v) is 32.3. The number of nitrogen functional groups attached to an aromatic ring is 1. The van der Waals surface area contributed by atoms with E-state index in [2.05, 4.69) is 52.8 Å². The highest BCUT2D eigenvalue weighted by atomic mass is 16.5. The van der Waals surface area contributed by atoms with E-state index in [1.54, 1.807) is 24.3 Å². The number of rotatable bonds is 28. The summed E-state index contributed by atoms with van der Waals surface area (Å²) in [7, 11) is 0. The topological polar surface area (TPSA) is 702 Å². The molecule has 1 fully saturated rings. The normalized spacial score (nSPS) is 22.0. The molecule has 0 bridgehead atoms. The summed E-state index contributed by atoms with van der Waals surface area (Å²) < 4.78 is 5.63. The molecule has 1 saturated heterocycles. The van der Waals surface area contributed by atoms with Gasteiger partial charge in [0.05, 0.1) is 51.8 Å². The number of aromatic nitrogens is 1. The third kappa shape index (κ3) is 27.2.